The Morgan fingerprint density at radius 3 is 2.59 bits per heavy atom. The van der Waals surface area contributed by atoms with E-state index >= 15 is 0 Å². The maximum atomic E-state index is 12.9. The molecule has 0 saturated heterocycles. The van der Waals surface area contributed by atoms with E-state index in [9.17, 15) is 13.2 Å². The van der Waals surface area contributed by atoms with Crippen LogP contribution in [0.3, 0.4) is 0 Å². The number of aromatic nitrogens is 1. The Bertz CT molecular complexity index is 392. The Kier molecular flexibility index (Phi) is 3.76. The smallest absolute Gasteiger partial charge is 0.264 e. The Balaban J connectivity index is 2.37. The third kappa shape index (κ3) is 2.81. The second-order valence-electron chi connectivity index (χ2n) is 4.37. The Hall–Kier alpha value is -0.580. The summed E-state index contributed by atoms with van der Waals surface area (Å²) in [6, 6.07) is 1.07. The van der Waals surface area contributed by atoms with Crippen LogP contribution in [0.25, 0.3) is 0 Å². The number of hydrogen-bond donors (Lipinski definition) is 0. The van der Waals surface area contributed by atoms with Gasteiger partial charge in [-0.3, -0.25) is 4.98 Å². The Morgan fingerprint density at radius 2 is 1.94 bits per heavy atom. The van der Waals surface area contributed by atoms with Gasteiger partial charge in [-0.25, -0.2) is 0 Å². The van der Waals surface area contributed by atoms with Gasteiger partial charge in [0.1, 0.15) is 0 Å². The zero-order chi connectivity index (χ0) is 12.5. The molecule has 1 saturated carbocycles. The molecule has 1 heterocycles. The van der Waals surface area contributed by atoms with E-state index in [4.69, 9.17) is 0 Å². The van der Waals surface area contributed by atoms with Gasteiger partial charge in [0.05, 0.1) is 5.56 Å². The monoisotopic (exact) mass is 307 g/mol. The highest BCUT2D eigenvalue weighted by Crippen LogP contribution is 2.42. The summed E-state index contributed by atoms with van der Waals surface area (Å²) in [7, 11) is 0. The molecule has 2 unspecified atom stereocenters. The average Bonchev–Trinajstić information content (AvgIpc) is 2.28. The van der Waals surface area contributed by atoms with E-state index in [-0.39, 0.29) is 10.7 Å². The summed E-state index contributed by atoms with van der Waals surface area (Å²) in [5.74, 6) is -0.0749. The van der Waals surface area contributed by atoms with Crippen molar-refractivity contribution >= 4 is 15.9 Å². The second-order valence-corrected chi connectivity index (χ2v) is 5.54. The first-order valence-corrected chi connectivity index (χ1v) is 6.57. The summed E-state index contributed by atoms with van der Waals surface area (Å²) in [6.07, 6.45) is 2.07. The molecule has 0 spiro atoms. The predicted octanol–water partition coefficient (Wildman–Crippen LogP) is 4.52. The minimum absolute atomic E-state index is 0.0749. The van der Waals surface area contributed by atoms with Crippen LogP contribution in [0.4, 0.5) is 13.2 Å². The molecule has 94 valence electrons. The van der Waals surface area contributed by atoms with Crippen LogP contribution in [0.1, 0.15) is 42.7 Å². The summed E-state index contributed by atoms with van der Waals surface area (Å²) in [5, 5.41) is 0. The van der Waals surface area contributed by atoms with Gasteiger partial charge in [-0.2, -0.15) is 13.2 Å². The van der Waals surface area contributed by atoms with Crippen LogP contribution in [0.15, 0.2) is 18.5 Å². The van der Waals surface area contributed by atoms with Gasteiger partial charge in [-0.15, -0.1) is 0 Å². The summed E-state index contributed by atoms with van der Waals surface area (Å²) in [4.78, 5) is 3.97. The van der Waals surface area contributed by atoms with Crippen molar-refractivity contribution in [3.05, 3.63) is 29.6 Å². The van der Waals surface area contributed by atoms with Crippen molar-refractivity contribution in [3.8, 4) is 0 Å². The quantitative estimate of drug-likeness (QED) is 0.695. The molecule has 0 amide bonds. The van der Waals surface area contributed by atoms with Crippen LogP contribution in [-0.4, -0.2) is 9.81 Å². The molecule has 1 nitrogen and oxygen atoms in total. The molecular formula is C12H13BrF3N. The summed E-state index contributed by atoms with van der Waals surface area (Å²) in [5.41, 5.74) is -0.203. The molecule has 1 aromatic heterocycles. The lowest BCUT2D eigenvalue weighted by atomic mass is 9.82. The largest absolute Gasteiger partial charge is 0.416 e. The van der Waals surface area contributed by atoms with Crippen molar-refractivity contribution in [2.24, 2.45) is 0 Å². The SMILES string of the molecule is FC(F)(F)c1ccncc1C1CCCCC1Br. The van der Waals surface area contributed by atoms with E-state index in [0.29, 0.717) is 5.56 Å². The van der Waals surface area contributed by atoms with E-state index in [1.165, 1.54) is 12.4 Å². The van der Waals surface area contributed by atoms with Gasteiger partial charge < -0.3 is 0 Å². The molecule has 1 aliphatic carbocycles. The van der Waals surface area contributed by atoms with E-state index < -0.39 is 11.7 Å². The van der Waals surface area contributed by atoms with Crippen molar-refractivity contribution in [1.82, 2.24) is 4.98 Å². The normalized spacial score (nSPS) is 25.9. The molecule has 2 rings (SSSR count). The summed E-state index contributed by atoms with van der Waals surface area (Å²) >= 11 is 3.50. The lowest BCUT2D eigenvalue weighted by Crippen LogP contribution is -2.21. The Labute approximate surface area is 107 Å². The molecule has 1 fully saturated rings. The number of hydrogen-bond acceptors (Lipinski definition) is 1. The molecule has 0 aromatic carbocycles. The van der Waals surface area contributed by atoms with Crippen LogP contribution < -0.4 is 0 Å². The van der Waals surface area contributed by atoms with E-state index in [1.54, 1.807) is 0 Å². The topological polar surface area (TPSA) is 12.9 Å². The van der Waals surface area contributed by atoms with Crippen LogP contribution in [0, 0.1) is 0 Å². The first-order chi connectivity index (χ1) is 8.00. The molecule has 1 aromatic rings. The maximum absolute atomic E-state index is 12.9. The number of rotatable bonds is 1. The minimum atomic E-state index is -4.29. The molecule has 17 heavy (non-hydrogen) atoms. The lowest BCUT2D eigenvalue weighted by molar-refractivity contribution is -0.138. The van der Waals surface area contributed by atoms with Crippen molar-refractivity contribution in [2.75, 3.05) is 0 Å². The Morgan fingerprint density at radius 1 is 1.24 bits per heavy atom. The average molecular weight is 308 g/mol. The van der Waals surface area contributed by atoms with Crippen LogP contribution >= 0.6 is 15.9 Å². The first-order valence-electron chi connectivity index (χ1n) is 5.65. The lowest BCUT2D eigenvalue weighted by Gasteiger charge is -2.29. The third-order valence-electron chi connectivity index (χ3n) is 3.24. The zero-order valence-corrected chi connectivity index (χ0v) is 10.8. The third-order valence-corrected chi connectivity index (χ3v) is 4.33. The predicted molar refractivity (Wildman–Crippen MR) is 63.2 cm³/mol. The van der Waals surface area contributed by atoms with E-state index in [1.807, 2.05) is 0 Å². The van der Waals surface area contributed by atoms with E-state index in [0.717, 1.165) is 31.7 Å². The van der Waals surface area contributed by atoms with Gasteiger partial charge in [0.15, 0.2) is 0 Å². The molecule has 0 N–H and O–H groups in total. The van der Waals surface area contributed by atoms with Crippen LogP contribution in [0.5, 0.6) is 0 Å². The highest BCUT2D eigenvalue weighted by Gasteiger charge is 2.37. The maximum Gasteiger partial charge on any atom is 0.416 e. The van der Waals surface area contributed by atoms with E-state index in [2.05, 4.69) is 20.9 Å². The van der Waals surface area contributed by atoms with Gasteiger partial charge in [-0.05, 0) is 30.4 Å². The molecule has 2 atom stereocenters. The van der Waals surface area contributed by atoms with Crippen LogP contribution in [-0.2, 0) is 6.18 Å². The van der Waals surface area contributed by atoms with Gasteiger partial charge in [0.25, 0.3) is 0 Å². The number of alkyl halides is 4. The van der Waals surface area contributed by atoms with Gasteiger partial charge >= 0.3 is 6.18 Å². The highest BCUT2D eigenvalue weighted by molar-refractivity contribution is 9.09. The second kappa shape index (κ2) is 4.96. The molecule has 1 aliphatic rings. The molecular weight excluding hydrogens is 295 g/mol. The van der Waals surface area contributed by atoms with Crippen molar-refractivity contribution in [3.63, 3.8) is 0 Å². The van der Waals surface area contributed by atoms with Gasteiger partial charge in [-0.1, -0.05) is 28.8 Å². The van der Waals surface area contributed by atoms with Crippen LogP contribution in [0.2, 0.25) is 0 Å². The molecule has 0 bridgehead atoms. The standard InChI is InChI=1S/C12H13BrF3N/c13-11-4-2-1-3-8(11)9-7-17-6-5-10(9)12(14,15)16/h5-8,11H,1-4H2. The van der Waals surface area contributed by atoms with Crippen molar-refractivity contribution in [2.45, 2.75) is 42.6 Å². The molecule has 0 aliphatic heterocycles. The first kappa shape index (κ1) is 12.9. The summed E-state index contributed by atoms with van der Waals surface area (Å²) < 4.78 is 38.7. The fraction of sp³-hybridized carbons (Fsp3) is 0.583. The fourth-order valence-electron chi connectivity index (χ4n) is 2.40. The van der Waals surface area contributed by atoms with Gasteiger partial charge in [0, 0.05) is 17.2 Å². The highest BCUT2D eigenvalue weighted by atomic mass is 79.9. The molecule has 5 heteroatoms. The van der Waals surface area contributed by atoms with Crippen molar-refractivity contribution in [1.29, 1.82) is 0 Å². The summed E-state index contributed by atoms with van der Waals surface area (Å²) in [6.45, 7) is 0. The number of pyridine rings is 1. The number of halogens is 4. The minimum Gasteiger partial charge on any atom is -0.264 e. The molecule has 0 radical (unpaired) electrons. The number of nitrogens with zero attached hydrogens (tertiary/aromatic N) is 1. The van der Waals surface area contributed by atoms with Gasteiger partial charge in [0.2, 0.25) is 0 Å². The van der Waals surface area contributed by atoms with Crippen molar-refractivity contribution < 1.29 is 13.2 Å². The zero-order valence-electron chi connectivity index (χ0n) is 9.17. The fourth-order valence-corrected chi connectivity index (χ4v) is 3.27.